The molecule has 5 nitrogen and oxygen atoms in total. The van der Waals surface area contributed by atoms with Crippen LogP contribution in [0, 0.1) is 5.21 Å². The van der Waals surface area contributed by atoms with Crippen molar-refractivity contribution in [2.24, 2.45) is 0 Å². The Kier molecular flexibility index (Phi) is 3.23. The lowest BCUT2D eigenvalue weighted by molar-refractivity contribution is -0.562. The summed E-state index contributed by atoms with van der Waals surface area (Å²) in [6.45, 7) is 0. The molecule has 2 aromatic carbocycles. The third kappa shape index (κ3) is 2.20. The molecular weight excluding hydrogens is 313 g/mol. The molecule has 21 heavy (non-hydrogen) atoms. The van der Waals surface area contributed by atoms with Gasteiger partial charge in [0.1, 0.15) is 0 Å². The molecule has 0 spiro atoms. The van der Waals surface area contributed by atoms with E-state index in [0.717, 1.165) is 0 Å². The minimum Gasteiger partial charge on any atom is -0.710 e. The molecule has 1 aromatic heterocycles. The van der Waals surface area contributed by atoms with Gasteiger partial charge >= 0.3 is 11.4 Å². The Balaban J connectivity index is 2.47. The number of nitrogens with two attached hydrogens (primary N) is 1. The first-order valence-corrected chi connectivity index (χ1v) is 6.74. The summed E-state index contributed by atoms with van der Waals surface area (Å²) in [4.78, 5) is 12.3. The van der Waals surface area contributed by atoms with Gasteiger partial charge in [-0.3, -0.25) is 15.1 Å². The molecule has 1 heterocycles. The van der Waals surface area contributed by atoms with Crippen molar-refractivity contribution in [1.82, 2.24) is 4.57 Å². The Morgan fingerprint density at radius 1 is 1.05 bits per heavy atom. The number of nitrogen functional groups attached to an aromatic ring is 1. The minimum absolute atomic E-state index is 0.217. The van der Waals surface area contributed by atoms with Crippen molar-refractivity contribution < 1.29 is 4.73 Å². The molecular formula is C14H9Cl2N3O2. The number of aromatic nitrogens is 2. The van der Waals surface area contributed by atoms with Crippen molar-refractivity contribution in [3.05, 3.63) is 68.1 Å². The van der Waals surface area contributed by atoms with Crippen molar-refractivity contribution in [1.29, 1.82) is 0 Å². The molecule has 0 saturated heterocycles. The van der Waals surface area contributed by atoms with Crippen LogP contribution in [-0.4, -0.2) is 4.57 Å². The summed E-state index contributed by atoms with van der Waals surface area (Å²) in [6, 6.07) is 11.3. The van der Waals surface area contributed by atoms with Gasteiger partial charge in [-0.1, -0.05) is 23.2 Å². The molecule has 0 fully saturated rings. The predicted octanol–water partition coefficient (Wildman–Crippen LogP) is 2.51. The van der Waals surface area contributed by atoms with Crippen LogP contribution in [0.15, 0.2) is 47.3 Å². The number of fused-ring (bicyclic) bond motifs is 1. The first kappa shape index (κ1) is 13.7. The van der Waals surface area contributed by atoms with E-state index < -0.39 is 11.4 Å². The van der Waals surface area contributed by atoms with Crippen LogP contribution in [0.25, 0.3) is 16.7 Å². The van der Waals surface area contributed by atoms with E-state index in [2.05, 4.69) is 0 Å². The van der Waals surface area contributed by atoms with E-state index in [1.54, 1.807) is 36.4 Å². The number of hydrogen-bond acceptors (Lipinski definition) is 3. The van der Waals surface area contributed by atoms with Gasteiger partial charge in [0.15, 0.2) is 5.52 Å². The van der Waals surface area contributed by atoms with Crippen molar-refractivity contribution in [2.75, 3.05) is 5.73 Å². The van der Waals surface area contributed by atoms with Gasteiger partial charge in [-0.25, -0.2) is 4.73 Å². The Morgan fingerprint density at radius 3 is 2.33 bits per heavy atom. The Labute approximate surface area is 129 Å². The highest BCUT2D eigenvalue weighted by atomic mass is 35.5. The average Bonchev–Trinajstić information content (AvgIpc) is 2.48. The summed E-state index contributed by atoms with van der Waals surface area (Å²) in [7, 11) is 0. The van der Waals surface area contributed by atoms with Gasteiger partial charge < -0.3 is 5.21 Å². The Morgan fingerprint density at radius 2 is 1.67 bits per heavy atom. The van der Waals surface area contributed by atoms with E-state index in [9.17, 15) is 10.0 Å². The molecule has 2 N–H and O–H groups in total. The molecule has 3 aromatic rings. The lowest BCUT2D eigenvalue weighted by atomic mass is 10.2. The Hall–Kier alpha value is -2.24. The molecule has 3 rings (SSSR count). The van der Waals surface area contributed by atoms with Crippen LogP contribution in [0.4, 0.5) is 5.82 Å². The molecule has 106 valence electrons. The van der Waals surface area contributed by atoms with Crippen molar-refractivity contribution in [2.45, 2.75) is 0 Å². The first-order valence-electron chi connectivity index (χ1n) is 5.98. The fourth-order valence-electron chi connectivity index (χ4n) is 2.14. The predicted molar refractivity (Wildman–Crippen MR) is 82.9 cm³/mol. The molecule has 0 bridgehead atoms. The third-order valence-electron chi connectivity index (χ3n) is 3.12. The number of rotatable bonds is 1. The molecule has 0 aliphatic rings. The molecule has 0 amide bonds. The van der Waals surface area contributed by atoms with Gasteiger partial charge in [0.05, 0.1) is 5.52 Å². The molecule has 0 aliphatic carbocycles. The number of benzene rings is 2. The minimum atomic E-state index is -0.595. The van der Waals surface area contributed by atoms with E-state index >= 15 is 0 Å². The number of anilines is 1. The highest BCUT2D eigenvalue weighted by Gasteiger charge is 2.17. The van der Waals surface area contributed by atoms with Gasteiger partial charge in [0, 0.05) is 21.8 Å². The summed E-state index contributed by atoms with van der Waals surface area (Å²) in [5.74, 6) is -0.417. The lowest BCUT2D eigenvalue weighted by Gasteiger charge is -2.14. The molecule has 0 unspecified atom stereocenters. The summed E-state index contributed by atoms with van der Waals surface area (Å²) >= 11 is 11.8. The molecule has 0 aliphatic heterocycles. The smallest absolute Gasteiger partial charge is 0.345 e. The van der Waals surface area contributed by atoms with E-state index in [1.807, 2.05) is 0 Å². The topological polar surface area (TPSA) is 75.0 Å². The fourth-order valence-corrected chi connectivity index (χ4v) is 2.43. The summed E-state index contributed by atoms with van der Waals surface area (Å²) in [6.07, 6.45) is 0. The SMILES string of the molecule is Nc1c(=O)n(-c2ccc(Cl)cc2)c2ccc(Cl)cc2[n+]1[O-]. The second kappa shape index (κ2) is 4.95. The second-order valence-electron chi connectivity index (χ2n) is 4.43. The van der Waals surface area contributed by atoms with Gasteiger partial charge in [0.25, 0.3) is 0 Å². The zero-order chi connectivity index (χ0) is 15.1. The fraction of sp³-hybridized carbons (Fsp3) is 0. The van der Waals surface area contributed by atoms with Crippen LogP contribution in [0.2, 0.25) is 10.0 Å². The monoisotopic (exact) mass is 321 g/mol. The lowest BCUT2D eigenvalue weighted by Crippen LogP contribution is -2.41. The largest absolute Gasteiger partial charge is 0.710 e. The van der Waals surface area contributed by atoms with Crippen LogP contribution >= 0.6 is 23.2 Å². The van der Waals surface area contributed by atoms with Crippen LogP contribution in [0.3, 0.4) is 0 Å². The van der Waals surface area contributed by atoms with Crippen molar-refractivity contribution in [3.63, 3.8) is 0 Å². The van der Waals surface area contributed by atoms with Crippen LogP contribution < -0.4 is 16.0 Å². The van der Waals surface area contributed by atoms with E-state index in [4.69, 9.17) is 28.9 Å². The first-order chi connectivity index (χ1) is 9.99. The standard InChI is InChI=1S/C14H9Cl2N3O2/c15-8-1-4-10(5-2-8)18-11-6-3-9(16)7-12(11)19(21)13(17)14(18)20/h1-7H,17H2. The van der Waals surface area contributed by atoms with Crippen molar-refractivity contribution >= 4 is 40.1 Å². The van der Waals surface area contributed by atoms with E-state index in [1.165, 1.54) is 10.6 Å². The molecule has 7 heteroatoms. The summed E-state index contributed by atoms with van der Waals surface area (Å²) < 4.78 is 1.74. The van der Waals surface area contributed by atoms with Crippen LogP contribution in [-0.2, 0) is 0 Å². The zero-order valence-corrected chi connectivity index (χ0v) is 12.1. The number of nitrogens with zero attached hydrogens (tertiary/aromatic N) is 2. The second-order valence-corrected chi connectivity index (χ2v) is 5.30. The summed E-state index contributed by atoms with van der Waals surface area (Å²) in [5, 5.41) is 13.0. The summed E-state index contributed by atoms with van der Waals surface area (Å²) in [5.41, 5.74) is 6.21. The maximum absolute atomic E-state index is 12.3. The van der Waals surface area contributed by atoms with Crippen LogP contribution in [0.1, 0.15) is 0 Å². The quantitative estimate of drug-likeness (QED) is 0.552. The number of hydrogen-bond donors (Lipinski definition) is 1. The van der Waals surface area contributed by atoms with Gasteiger partial charge in [-0.05, 0) is 36.4 Å². The maximum atomic E-state index is 12.3. The maximum Gasteiger partial charge on any atom is 0.345 e. The zero-order valence-electron chi connectivity index (χ0n) is 10.6. The van der Waals surface area contributed by atoms with Gasteiger partial charge in [-0.2, -0.15) is 0 Å². The van der Waals surface area contributed by atoms with E-state index in [-0.39, 0.29) is 5.52 Å². The van der Waals surface area contributed by atoms with Crippen molar-refractivity contribution in [3.8, 4) is 5.69 Å². The van der Waals surface area contributed by atoms with Gasteiger partial charge in [-0.15, -0.1) is 0 Å². The third-order valence-corrected chi connectivity index (χ3v) is 3.61. The average molecular weight is 322 g/mol. The van der Waals surface area contributed by atoms with E-state index in [0.29, 0.717) is 26.0 Å². The highest BCUT2D eigenvalue weighted by molar-refractivity contribution is 6.31. The Bertz CT molecular complexity index is 905. The van der Waals surface area contributed by atoms with Gasteiger partial charge in [0.2, 0.25) is 0 Å². The molecule has 0 radical (unpaired) electrons. The molecule has 0 saturated carbocycles. The highest BCUT2D eigenvalue weighted by Crippen LogP contribution is 2.20. The normalized spacial score (nSPS) is 11.0. The number of halogens is 2. The van der Waals surface area contributed by atoms with Crippen LogP contribution in [0.5, 0.6) is 0 Å². The molecule has 0 atom stereocenters.